The summed E-state index contributed by atoms with van der Waals surface area (Å²) >= 11 is 0. The Morgan fingerprint density at radius 3 is 2.55 bits per heavy atom. The number of nitrogens with two attached hydrogens (primary N) is 1. The summed E-state index contributed by atoms with van der Waals surface area (Å²) in [5.41, 5.74) is 6.85. The van der Waals surface area contributed by atoms with Crippen LogP contribution in [0.1, 0.15) is 38.2 Å². The Morgan fingerprint density at radius 2 is 1.95 bits per heavy atom. The van der Waals surface area contributed by atoms with Crippen LogP contribution in [0, 0.1) is 5.41 Å². The smallest absolute Gasteiger partial charge is 0.227 e. The van der Waals surface area contributed by atoms with Gasteiger partial charge in [-0.05, 0) is 32.4 Å². The van der Waals surface area contributed by atoms with Gasteiger partial charge in [0, 0.05) is 25.7 Å². The van der Waals surface area contributed by atoms with Gasteiger partial charge in [0.2, 0.25) is 5.91 Å². The molecule has 1 fully saturated rings. The zero-order chi connectivity index (χ0) is 16.0. The SMILES string of the molecule is CC(CN(C)Cc1ccccc1)NC(=O)C1(CN)CCCC1. The number of nitrogens with one attached hydrogen (secondary N) is 1. The number of hydrogen-bond acceptors (Lipinski definition) is 3. The zero-order valence-corrected chi connectivity index (χ0v) is 13.8. The summed E-state index contributed by atoms with van der Waals surface area (Å²) in [7, 11) is 2.09. The minimum Gasteiger partial charge on any atom is -0.352 e. The molecule has 0 saturated heterocycles. The third-order valence-electron chi connectivity index (χ3n) is 4.69. The lowest BCUT2D eigenvalue weighted by atomic mass is 9.85. The average Bonchev–Trinajstić information content (AvgIpc) is 2.98. The second-order valence-corrected chi connectivity index (χ2v) is 6.75. The molecule has 1 saturated carbocycles. The predicted molar refractivity (Wildman–Crippen MR) is 90.3 cm³/mol. The maximum Gasteiger partial charge on any atom is 0.227 e. The Hall–Kier alpha value is -1.39. The van der Waals surface area contributed by atoms with Crippen LogP contribution in [0.4, 0.5) is 0 Å². The van der Waals surface area contributed by atoms with Gasteiger partial charge in [-0.25, -0.2) is 0 Å². The van der Waals surface area contributed by atoms with E-state index < -0.39 is 0 Å². The van der Waals surface area contributed by atoms with Crippen molar-refractivity contribution in [2.24, 2.45) is 11.1 Å². The van der Waals surface area contributed by atoms with E-state index in [1.165, 1.54) is 5.56 Å². The third kappa shape index (κ3) is 4.31. The first kappa shape index (κ1) is 17.0. The van der Waals surface area contributed by atoms with Gasteiger partial charge < -0.3 is 16.0 Å². The highest BCUT2D eigenvalue weighted by molar-refractivity contribution is 5.83. The first-order valence-electron chi connectivity index (χ1n) is 8.29. The van der Waals surface area contributed by atoms with Crippen LogP contribution in [-0.4, -0.2) is 37.0 Å². The van der Waals surface area contributed by atoms with Crippen LogP contribution in [0.5, 0.6) is 0 Å². The Kier molecular flexibility index (Phi) is 5.98. The normalized spacial score (nSPS) is 18.4. The zero-order valence-electron chi connectivity index (χ0n) is 13.8. The number of carbonyl (C=O) groups excluding carboxylic acids is 1. The van der Waals surface area contributed by atoms with E-state index in [0.29, 0.717) is 6.54 Å². The second kappa shape index (κ2) is 7.75. The van der Waals surface area contributed by atoms with Gasteiger partial charge in [-0.1, -0.05) is 43.2 Å². The summed E-state index contributed by atoms with van der Waals surface area (Å²) in [4.78, 5) is 14.8. The predicted octanol–water partition coefficient (Wildman–Crippen LogP) is 2.14. The summed E-state index contributed by atoms with van der Waals surface area (Å²) in [6.45, 7) is 4.26. The highest BCUT2D eigenvalue weighted by Crippen LogP contribution is 2.37. The molecule has 1 aromatic rings. The van der Waals surface area contributed by atoms with Crippen LogP contribution in [0.3, 0.4) is 0 Å². The largest absolute Gasteiger partial charge is 0.352 e. The van der Waals surface area contributed by atoms with Gasteiger partial charge in [-0.3, -0.25) is 4.79 Å². The van der Waals surface area contributed by atoms with E-state index in [-0.39, 0.29) is 17.4 Å². The molecule has 0 aliphatic heterocycles. The molecular formula is C18H29N3O. The molecule has 0 aromatic heterocycles. The van der Waals surface area contributed by atoms with Crippen molar-refractivity contribution in [2.75, 3.05) is 20.1 Å². The van der Waals surface area contributed by atoms with Gasteiger partial charge >= 0.3 is 0 Å². The summed E-state index contributed by atoms with van der Waals surface area (Å²) < 4.78 is 0. The molecule has 4 nitrogen and oxygen atoms in total. The third-order valence-corrected chi connectivity index (χ3v) is 4.69. The van der Waals surface area contributed by atoms with E-state index in [2.05, 4.69) is 48.5 Å². The van der Waals surface area contributed by atoms with Gasteiger partial charge in [0.1, 0.15) is 0 Å². The molecule has 0 spiro atoms. The molecule has 0 heterocycles. The lowest BCUT2D eigenvalue weighted by Gasteiger charge is -2.29. The molecule has 122 valence electrons. The van der Waals surface area contributed by atoms with Crippen molar-refractivity contribution < 1.29 is 4.79 Å². The highest BCUT2D eigenvalue weighted by Gasteiger charge is 2.40. The fraction of sp³-hybridized carbons (Fsp3) is 0.611. The molecule has 22 heavy (non-hydrogen) atoms. The van der Waals surface area contributed by atoms with Crippen molar-refractivity contribution in [3.63, 3.8) is 0 Å². The molecule has 1 unspecified atom stereocenters. The van der Waals surface area contributed by atoms with Crippen molar-refractivity contribution in [2.45, 2.75) is 45.2 Å². The van der Waals surface area contributed by atoms with Gasteiger partial charge in [0.25, 0.3) is 0 Å². The number of likely N-dealkylation sites (N-methyl/N-ethyl adjacent to an activating group) is 1. The number of nitrogens with zero attached hydrogens (tertiary/aromatic N) is 1. The van der Waals surface area contributed by atoms with Crippen molar-refractivity contribution >= 4 is 5.91 Å². The molecule has 1 aliphatic rings. The number of amides is 1. The van der Waals surface area contributed by atoms with Crippen LogP contribution in [0.15, 0.2) is 30.3 Å². The summed E-state index contributed by atoms with van der Waals surface area (Å²) in [6.07, 6.45) is 4.10. The Morgan fingerprint density at radius 1 is 1.32 bits per heavy atom. The van der Waals surface area contributed by atoms with Crippen LogP contribution >= 0.6 is 0 Å². The van der Waals surface area contributed by atoms with Gasteiger partial charge in [0.05, 0.1) is 5.41 Å². The Bertz CT molecular complexity index is 468. The summed E-state index contributed by atoms with van der Waals surface area (Å²) in [5.74, 6) is 0.146. The quantitative estimate of drug-likeness (QED) is 0.811. The first-order valence-corrected chi connectivity index (χ1v) is 8.29. The molecule has 4 heteroatoms. The molecule has 1 aliphatic carbocycles. The lowest BCUT2D eigenvalue weighted by molar-refractivity contribution is -0.131. The van der Waals surface area contributed by atoms with Crippen molar-refractivity contribution in [3.8, 4) is 0 Å². The second-order valence-electron chi connectivity index (χ2n) is 6.75. The van der Waals surface area contributed by atoms with E-state index >= 15 is 0 Å². The molecule has 1 atom stereocenters. The summed E-state index contributed by atoms with van der Waals surface area (Å²) in [6, 6.07) is 10.5. The lowest BCUT2D eigenvalue weighted by Crippen LogP contribution is -2.49. The number of carbonyl (C=O) groups is 1. The Balaban J connectivity index is 1.81. The van der Waals surface area contributed by atoms with Gasteiger partial charge in [-0.2, -0.15) is 0 Å². The van der Waals surface area contributed by atoms with Gasteiger partial charge in [0.15, 0.2) is 0 Å². The molecule has 0 radical (unpaired) electrons. The van der Waals surface area contributed by atoms with Gasteiger partial charge in [-0.15, -0.1) is 0 Å². The topological polar surface area (TPSA) is 58.4 Å². The maximum atomic E-state index is 12.5. The average molecular weight is 303 g/mol. The van der Waals surface area contributed by atoms with E-state index in [1.54, 1.807) is 0 Å². The van der Waals surface area contributed by atoms with Crippen LogP contribution < -0.4 is 11.1 Å². The molecule has 1 aromatic carbocycles. The van der Waals surface area contributed by atoms with Crippen molar-refractivity contribution in [1.82, 2.24) is 10.2 Å². The van der Waals surface area contributed by atoms with Crippen molar-refractivity contribution in [1.29, 1.82) is 0 Å². The van der Waals surface area contributed by atoms with E-state index in [1.807, 2.05) is 6.07 Å². The van der Waals surface area contributed by atoms with E-state index in [9.17, 15) is 4.79 Å². The number of benzene rings is 1. The molecule has 2 rings (SSSR count). The minimum absolute atomic E-state index is 0.130. The molecule has 3 N–H and O–H groups in total. The molecule has 0 bridgehead atoms. The fourth-order valence-electron chi connectivity index (χ4n) is 3.43. The van der Waals surface area contributed by atoms with Crippen LogP contribution in [0.2, 0.25) is 0 Å². The Labute approximate surface area is 134 Å². The van der Waals surface area contributed by atoms with Crippen LogP contribution in [-0.2, 0) is 11.3 Å². The van der Waals surface area contributed by atoms with E-state index in [0.717, 1.165) is 38.8 Å². The maximum absolute atomic E-state index is 12.5. The number of rotatable bonds is 7. The molecular weight excluding hydrogens is 274 g/mol. The van der Waals surface area contributed by atoms with Crippen molar-refractivity contribution in [3.05, 3.63) is 35.9 Å². The molecule has 1 amide bonds. The summed E-state index contributed by atoms with van der Waals surface area (Å²) in [5, 5.41) is 3.17. The first-order chi connectivity index (χ1) is 10.6. The standard InChI is InChI=1S/C18H29N3O/c1-15(12-21(2)13-16-8-4-3-5-9-16)20-17(22)18(14-19)10-6-7-11-18/h3-5,8-9,15H,6-7,10-14,19H2,1-2H3,(H,20,22). The fourth-order valence-corrected chi connectivity index (χ4v) is 3.43. The minimum atomic E-state index is -0.313. The van der Waals surface area contributed by atoms with E-state index in [4.69, 9.17) is 5.73 Å². The van der Waals surface area contributed by atoms with Crippen LogP contribution in [0.25, 0.3) is 0 Å². The highest BCUT2D eigenvalue weighted by atomic mass is 16.2. The number of hydrogen-bond donors (Lipinski definition) is 2. The monoisotopic (exact) mass is 303 g/mol.